The molecule has 0 saturated carbocycles. The van der Waals surface area contributed by atoms with Gasteiger partial charge >= 0.3 is 0 Å². The number of unbranched alkanes of at least 4 members (excludes halogenated alkanes) is 1. The van der Waals surface area contributed by atoms with Crippen molar-refractivity contribution < 1.29 is 9.18 Å². The molecular weight excluding hydrogens is 269 g/mol. The minimum Gasteiger partial charge on any atom is -0.398 e. The Morgan fingerprint density at radius 1 is 1.43 bits per heavy atom. The van der Waals surface area contributed by atoms with E-state index >= 15 is 0 Å². The number of nitrogens with one attached hydrogen (secondary N) is 1. The molecule has 0 bridgehead atoms. The molecule has 1 amide bonds. The normalized spacial score (nSPS) is 16.9. The highest BCUT2D eigenvalue weighted by Crippen LogP contribution is 2.16. The van der Waals surface area contributed by atoms with Crippen LogP contribution in [0, 0.1) is 5.82 Å². The summed E-state index contributed by atoms with van der Waals surface area (Å²) in [4.78, 5) is 14.6. The van der Waals surface area contributed by atoms with Gasteiger partial charge in [0.05, 0.1) is 5.56 Å². The molecule has 21 heavy (non-hydrogen) atoms. The van der Waals surface area contributed by atoms with Gasteiger partial charge < -0.3 is 16.0 Å². The monoisotopic (exact) mass is 293 g/mol. The zero-order chi connectivity index (χ0) is 15.2. The van der Waals surface area contributed by atoms with E-state index in [2.05, 4.69) is 17.1 Å². The summed E-state index contributed by atoms with van der Waals surface area (Å²) >= 11 is 0. The number of halogens is 1. The van der Waals surface area contributed by atoms with Crippen molar-refractivity contribution >= 4 is 11.6 Å². The van der Waals surface area contributed by atoms with E-state index in [0.29, 0.717) is 5.56 Å². The molecule has 1 aromatic rings. The number of nitrogens with zero attached hydrogens (tertiary/aromatic N) is 1. The topological polar surface area (TPSA) is 58.4 Å². The highest BCUT2D eigenvalue weighted by atomic mass is 19.1. The molecule has 0 aromatic heterocycles. The molecule has 1 saturated heterocycles. The van der Waals surface area contributed by atoms with Crippen LogP contribution in [0.1, 0.15) is 43.0 Å². The Morgan fingerprint density at radius 2 is 2.14 bits per heavy atom. The number of benzene rings is 1. The summed E-state index contributed by atoms with van der Waals surface area (Å²) in [5.74, 6) is -0.632. The minimum atomic E-state index is -0.423. The van der Waals surface area contributed by atoms with Gasteiger partial charge in [0, 0.05) is 24.8 Å². The SMILES string of the molecule is CCCCN1CCC(NC(=O)c2ccc(F)cc2N)CC1. The second kappa shape index (κ2) is 7.41. The molecule has 1 aromatic carbocycles. The Kier molecular flexibility index (Phi) is 5.56. The first-order chi connectivity index (χ1) is 10.1. The van der Waals surface area contributed by atoms with Crippen LogP contribution >= 0.6 is 0 Å². The van der Waals surface area contributed by atoms with Crippen molar-refractivity contribution in [2.45, 2.75) is 38.6 Å². The lowest BCUT2D eigenvalue weighted by Crippen LogP contribution is -2.44. The van der Waals surface area contributed by atoms with Gasteiger partial charge in [-0.3, -0.25) is 4.79 Å². The standard InChI is InChI=1S/C16H24FN3O/c1-2-3-8-20-9-6-13(7-10-20)19-16(21)14-5-4-12(17)11-15(14)18/h4-5,11,13H,2-3,6-10,18H2,1H3,(H,19,21). The van der Waals surface area contributed by atoms with Gasteiger partial charge in [-0.1, -0.05) is 13.3 Å². The highest BCUT2D eigenvalue weighted by molar-refractivity contribution is 5.99. The molecule has 0 radical (unpaired) electrons. The lowest BCUT2D eigenvalue weighted by Gasteiger charge is -2.32. The summed E-state index contributed by atoms with van der Waals surface area (Å²) in [6.45, 7) is 5.37. The number of nitrogens with two attached hydrogens (primary N) is 1. The Labute approximate surface area is 125 Å². The van der Waals surface area contributed by atoms with Crippen LogP contribution in [-0.4, -0.2) is 36.5 Å². The summed E-state index contributed by atoms with van der Waals surface area (Å²) in [6, 6.07) is 4.07. The second-order valence-corrected chi connectivity index (χ2v) is 5.67. The zero-order valence-corrected chi connectivity index (χ0v) is 12.6. The predicted molar refractivity (Wildman–Crippen MR) is 82.6 cm³/mol. The van der Waals surface area contributed by atoms with Crippen molar-refractivity contribution in [3.05, 3.63) is 29.6 Å². The highest BCUT2D eigenvalue weighted by Gasteiger charge is 2.21. The zero-order valence-electron chi connectivity index (χ0n) is 12.6. The molecule has 0 spiro atoms. The fraction of sp³-hybridized carbons (Fsp3) is 0.562. The molecule has 0 aliphatic carbocycles. The van der Waals surface area contributed by atoms with E-state index in [1.807, 2.05) is 0 Å². The first kappa shape index (κ1) is 15.8. The smallest absolute Gasteiger partial charge is 0.253 e. The van der Waals surface area contributed by atoms with E-state index in [0.717, 1.165) is 32.5 Å². The summed E-state index contributed by atoms with van der Waals surface area (Å²) < 4.78 is 13.0. The first-order valence-electron chi connectivity index (χ1n) is 7.68. The van der Waals surface area contributed by atoms with Gasteiger partial charge in [0.2, 0.25) is 0 Å². The number of anilines is 1. The van der Waals surface area contributed by atoms with Gasteiger partial charge in [0.1, 0.15) is 5.82 Å². The summed E-state index contributed by atoms with van der Waals surface area (Å²) in [5, 5.41) is 3.00. The third-order valence-electron chi connectivity index (χ3n) is 4.01. The van der Waals surface area contributed by atoms with Crippen molar-refractivity contribution in [1.29, 1.82) is 0 Å². The van der Waals surface area contributed by atoms with Crippen LogP contribution in [0.15, 0.2) is 18.2 Å². The lowest BCUT2D eigenvalue weighted by atomic mass is 10.0. The molecule has 3 N–H and O–H groups in total. The van der Waals surface area contributed by atoms with E-state index < -0.39 is 5.82 Å². The minimum absolute atomic E-state index is 0.180. The van der Waals surface area contributed by atoms with Gasteiger partial charge in [-0.15, -0.1) is 0 Å². The Bertz CT molecular complexity index is 484. The molecule has 1 fully saturated rings. The van der Waals surface area contributed by atoms with Gasteiger partial charge in [-0.2, -0.15) is 0 Å². The number of nitrogen functional groups attached to an aromatic ring is 1. The van der Waals surface area contributed by atoms with Gasteiger partial charge in [-0.05, 0) is 44.0 Å². The number of carbonyl (C=O) groups excluding carboxylic acids is 1. The van der Waals surface area contributed by atoms with Crippen LogP contribution in [0.2, 0.25) is 0 Å². The maximum Gasteiger partial charge on any atom is 0.253 e. The molecule has 116 valence electrons. The van der Waals surface area contributed by atoms with Crippen LogP contribution in [0.4, 0.5) is 10.1 Å². The van der Waals surface area contributed by atoms with Crippen LogP contribution in [0.5, 0.6) is 0 Å². The van der Waals surface area contributed by atoms with Crippen molar-refractivity contribution in [2.75, 3.05) is 25.4 Å². The molecule has 2 rings (SSSR count). The quantitative estimate of drug-likeness (QED) is 0.820. The van der Waals surface area contributed by atoms with Crippen LogP contribution in [0.3, 0.4) is 0 Å². The number of piperidine rings is 1. The number of carbonyl (C=O) groups is 1. The maximum absolute atomic E-state index is 13.0. The van der Waals surface area contributed by atoms with Crippen LogP contribution in [0.25, 0.3) is 0 Å². The number of hydrogen-bond acceptors (Lipinski definition) is 3. The summed E-state index contributed by atoms with van der Waals surface area (Å²) in [6.07, 6.45) is 4.34. The first-order valence-corrected chi connectivity index (χ1v) is 7.68. The average molecular weight is 293 g/mol. The molecule has 4 nitrogen and oxygen atoms in total. The molecule has 0 atom stereocenters. The number of hydrogen-bond donors (Lipinski definition) is 2. The van der Waals surface area contributed by atoms with E-state index in [1.54, 1.807) is 0 Å². The molecule has 5 heteroatoms. The van der Waals surface area contributed by atoms with E-state index in [1.165, 1.54) is 31.0 Å². The summed E-state index contributed by atoms with van der Waals surface area (Å²) in [5.41, 5.74) is 6.23. The van der Waals surface area contributed by atoms with E-state index in [4.69, 9.17) is 5.73 Å². The molecule has 1 aliphatic heterocycles. The van der Waals surface area contributed by atoms with Gasteiger partial charge in [0.15, 0.2) is 0 Å². The molecular formula is C16H24FN3O. The molecule has 1 aliphatic rings. The predicted octanol–water partition coefficient (Wildman–Crippen LogP) is 2.40. The van der Waals surface area contributed by atoms with Crippen molar-refractivity contribution in [1.82, 2.24) is 10.2 Å². The molecule has 0 unspecified atom stereocenters. The second-order valence-electron chi connectivity index (χ2n) is 5.67. The van der Waals surface area contributed by atoms with Crippen LogP contribution < -0.4 is 11.1 Å². The maximum atomic E-state index is 13.0. The molecule has 1 heterocycles. The van der Waals surface area contributed by atoms with E-state index in [9.17, 15) is 9.18 Å². The van der Waals surface area contributed by atoms with Gasteiger partial charge in [0.25, 0.3) is 5.91 Å². The fourth-order valence-electron chi connectivity index (χ4n) is 2.69. The van der Waals surface area contributed by atoms with Crippen LogP contribution in [-0.2, 0) is 0 Å². The lowest BCUT2D eigenvalue weighted by molar-refractivity contribution is 0.0911. The fourth-order valence-corrected chi connectivity index (χ4v) is 2.69. The Balaban J connectivity index is 1.84. The van der Waals surface area contributed by atoms with E-state index in [-0.39, 0.29) is 17.6 Å². The summed E-state index contributed by atoms with van der Waals surface area (Å²) in [7, 11) is 0. The third kappa shape index (κ3) is 4.43. The number of likely N-dealkylation sites (tertiary alicyclic amines) is 1. The van der Waals surface area contributed by atoms with Crippen molar-refractivity contribution in [2.24, 2.45) is 0 Å². The van der Waals surface area contributed by atoms with Crippen molar-refractivity contribution in [3.8, 4) is 0 Å². The average Bonchev–Trinajstić information content (AvgIpc) is 2.46. The largest absolute Gasteiger partial charge is 0.398 e. The third-order valence-corrected chi connectivity index (χ3v) is 4.01. The Hall–Kier alpha value is -1.62. The number of amides is 1. The number of rotatable bonds is 5. The Morgan fingerprint density at radius 3 is 2.76 bits per heavy atom. The van der Waals surface area contributed by atoms with Crippen molar-refractivity contribution in [3.63, 3.8) is 0 Å². The van der Waals surface area contributed by atoms with Gasteiger partial charge in [-0.25, -0.2) is 4.39 Å².